The highest BCUT2D eigenvalue weighted by atomic mass is 32.2. The number of hydrogen-bond donors (Lipinski definition) is 2. The van der Waals surface area contributed by atoms with Crippen LogP contribution in [0.3, 0.4) is 0 Å². The molecule has 9 heteroatoms. The van der Waals surface area contributed by atoms with Gasteiger partial charge in [-0.3, -0.25) is 25.0 Å². The Hall–Kier alpha value is -4.11. The van der Waals surface area contributed by atoms with E-state index in [1.807, 2.05) is 85.1 Å². The van der Waals surface area contributed by atoms with Gasteiger partial charge in [0.2, 0.25) is 0 Å². The van der Waals surface area contributed by atoms with Gasteiger partial charge in [0, 0.05) is 11.3 Å². The monoisotopic (exact) mass is 501 g/mol. The van der Waals surface area contributed by atoms with E-state index in [0.29, 0.717) is 16.7 Å². The van der Waals surface area contributed by atoms with Crippen LogP contribution in [-0.2, 0) is 9.59 Å². The number of aryl methyl sites for hydroxylation is 2. The van der Waals surface area contributed by atoms with Gasteiger partial charge in [-0.05, 0) is 45.0 Å². The van der Waals surface area contributed by atoms with E-state index in [1.54, 1.807) is 19.1 Å². The quantitative estimate of drug-likeness (QED) is 0.277. The molecule has 0 aliphatic carbocycles. The maximum Gasteiger partial charge on any atom is 0.276 e. The van der Waals surface area contributed by atoms with Crippen LogP contribution < -0.4 is 15.6 Å². The molecular formula is C27H27N5O3S. The number of hydrazine groups is 1. The molecule has 0 spiro atoms. The van der Waals surface area contributed by atoms with Gasteiger partial charge >= 0.3 is 0 Å². The highest BCUT2D eigenvalue weighted by molar-refractivity contribution is 8.00. The number of para-hydroxylation sites is 1. The lowest BCUT2D eigenvalue weighted by Crippen LogP contribution is -2.46. The lowest BCUT2D eigenvalue weighted by Gasteiger charge is -2.14. The molecule has 1 aromatic heterocycles. The number of nitrogens with zero attached hydrogens (tertiary/aromatic N) is 3. The van der Waals surface area contributed by atoms with E-state index in [0.717, 1.165) is 22.4 Å². The van der Waals surface area contributed by atoms with Crippen molar-refractivity contribution in [2.24, 2.45) is 0 Å². The predicted molar refractivity (Wildman–Crippen MR) is 140 cm³/mol. The van der Waals surface area contributed by atoms with Crippen LogP contribution in [0.25, 0.3) is 17.1 Å². The molecule has 0 bridgehead atoms. The lowest BCUT2D eigenvalue weighted by molar-refractivity contribution is -0.129. The smallest absolute Gasteiger partial charge is 0.276 e. The first-order valence-corrected chi connectivity index (χ1v) is 12.3. The van der Waals surface area contributed by atoms with Crippen LogP contribution in [0.4, 0.5) is 0 Å². The molecule has 2 N–H and O–H groups in total. The van der Waals surface area contributed by atoms with Crippen molar-refractivity contribution < 1.29 is 14.3 Å². The lowest BCUT2D eigenvalue weighted by atomic mass is 10.1. The molecule has 0 saturated heterocycles. The molecule has 3 aromatic carbocycles. The number of hydrogen-bond acceptors (Lipinski definition) is 6. The van der Waals surface area contributed by atoms with Gasteiger partial charge in [-0.2, -0.15) is 0 Å². The van der Waals surface area contributed by atoms with Crippen molar-refractivity contribution in [1.29, 1.82) is 0 Å². The Morgan fingerprint density at radius 1 is 0.889 bits per heavy atom. The van der Waals surface area contributed by atoms with Crippen LogP contribution in [0.5, 0.6) is 5.75 Å². The summed E-state index contributed by atoms with van der Waals surface area (Å²) in [5.74, 6) is 0.423. The third-order valence-corrected chi connectivity index (χ3v) is 6.37. The van der Waals surface area contributed by atoms with Gasteiger partial charge in [-0.15, -0.1) is 10.2 Å². The summed E-state index contributed by atoms with van der Waals surface area (Å²) in [6, 6.07) is 25.1. The Balaban J connectivity index is 1.41. The Morgan fingerprint density at radius 2 is 1.53 bits per heavy atom. The van der Waals surface area contributed by atoms with Gasteiger partial charge in [0.1, 0.15) is 5.75 Å². The minimum absolute atomic E-state index is 0.215. The molecule has 4 rings (SSSR count). The summed E-state index contributed by atoms with van der Waals surface area (Å²) in [7, 11) is 0. The molecule has 0 aliphatic rings. The van der Waals surface area contributed by atoms with E-state index in [2.05, 4.69) is 21.0 Å². The van der Waals surface area contributed by atoms with E-state index in [1.165, 1.54) is 11.8 Å². The highest BCUT2D eigenvalue weighted by Crippen LogP contribution is 2.30. The molecule has 0 fully saturated rings. The SMILES string of the molecule is Cc1ccc(OCC(=O)NNC(=O)C(C)Sc2nnc(-c3ccc(C)cc3)n2-c2ccccc2)cc1. The summed E-state index contributed by atoms with van der Waals surface area (Å²) < 4.78 is 7.36. The molecule has 4 aromatic rings. The molecule has 8 nitrogen and oxygen atoms in total. The summed E-state index contributed by atoms with van der Waals surface area (Å²) >= 11 is 1.25. The maximum absolute atomic E-state index is 12.7. The first kappa shape index (κ1) is 25.0. The van der Waals surface area contributed by atoms with E-state index in [4.69, 9.17) is 4.74 Å². The average molecular weight is 502 g/mol. The Labute approximate surface area is 214 Å². The van der Waals surface area contributed by atoms with Crippen LogP contribution in [-0.4, -0.2) is 38.4 Å². The fourth-order valence-electron chi connectivity index (χ4n) is 3.31. The molecule has 0 saturated carbocycles. The molecule has 0 aliphatic heterocycles. The van der Waals surface area contributed by atoms with Crippen molar-refractivity contribution in [3.63, 3.8) is 0 Å². The number of amides is 2. The number of aromatic nitrogens is 3. The number of ether oxygens (including phenoxy) is 1. The second kappa shape index (κ2) is 11.5. The van der Waals surface area contributed by atoms with Crippen molar-refractivity contribution in [2.45, 2.75) is 31.2 Å². The van der Waals surface area contributed by atoms with Crippen LogP contribution in [0.2, 0.25) is 0 Å². The Morgan fingerprint density at radius 3 is 2.19 bits per heavy atom. The Kier molecular flexibility index (Phi) is 8.02. The normalized spacial score (nSPS) is 11.5. The van der Waals surface area contributed by atoms with Crippen LogP contribution in [0.15, 0.2) is 84.0 Å². The standard InChI is InChI=1S/C27H27N5O3S/c1-18-9-13-21(14-10-18)25-29-31-27(32(25)22-7-5-4-6-8-22)36-20(3)26(34)30-28-24(33)17-35-23-15-11-19(2)12-16-23/h4-16,20H,17H2,1-3H3,(H,28,33)(H,30,34). The van der Waals surface area contributed by atoms with Crippen molar-refractivity contribution >= 4 is 23.6 Å². The first-order chi connectivity index (χ1) is 17.4. The minimum Gasteiger partial charge on any atom is -0.484 e. The summed E-state index contributed by atoms with van der Waals surface area (Å²) in [4.78, 5) is 24.8. The molecule has 1 heterocycles. The topological polar surface area (TPSA) is 98.1 Å². The molecular weight excluding hydrogens is 474 g/mol. The van der Waals surface area contributed by atoms with Crippen molar-refractivity contribution in [3.8, 4) is 22.8 Å². The van der Waals surface area contributed by atoms with E-state index in [9.17, 15) is 9.59 Å². The van der Waals surface area contributed by atoms with Crippen LogP contribution in [0, 0.1) is 13.8 Å². The zero-order valence-corrected chi connectivity index (χ0v) is 21.1. The summed E-state index contributed by atoms with van der Waals surface area (Å²) in [5.41, 5.74) is 8.90. The second-order valence-electron chi connectivity index (χ2n) is 8.24. The summed E-state index contributed by atoms with van der Waals surface area (Å²) in [6.07, 6.45) is 0. The van der Waals surface area contributed by atoms with Gasteiger partial charge in [0.15, 0.2) is 17.6 Å². The predicted octanol–water partition coefficient (Wildman–Crippen LogP) is 4.26. The number of thioether (sulfide) groups is 1. The molecule has 0 radical (unpaired) electrons. The van der Waals surface area contributed by atoms with E-state index in [-0.39, 0.29) is 12.5 Å². The fourth-order valence-corrected chi connectivity index (χ4v) is 4.18. The number of rotatable bonds is 8. The number of carbonyl (C=O) groups is 2. The maximum atomic E-state index is 12.7. The van der Waals surface area contributed by atoms with Gasteiger partial charge in [0.05, 0.1) is 5.25 Å². The van der Waals surface area contributed by atoms with Gasteiger partial charge in [-0.25, -0.2) is 0 Å². The minimum atomic E-state index is -0.555. The van der Waals surface area contributed by atoms with E-state index < -0.39 is 11.2 Å². The van der Waals surface area contributed by atoms with Crippen molar-refractivity contribution in [2.75, 3.05) is 6.61 Å². The largest absolute Gasteiger partial charge is 0.484 e. The molecule has 184 valence electrons. The van der Waals surface area contributed by atoms with Gasteiger partial charge < -0.3 is 4.74 Å². The summed E-state index contributed by atoms with van der Waals surface area (Å²) in [6.45, 7) is 5.52. The van der Waals surface area contributed by atoms with E-state index >= 15 is 0 Å². The van der Waals surface area contributed by atoms with Crippen molar-refractivity contribution in [3.05, 3.63) is 90.0 Å². The highest BCUT2D eigenvalue weighted by Gasteiger charge is 2.22. The first-order valence-electron chi connectivity index (χ1n) is 11.4. The summed E-state index contributed by atoms with van der Waals surface area (Å²) in [5, 5.41) is 8.79. The molecule has 1 atom stereocenters. The van der Waals surface area contributed by atoms with Gasteiger partial charge in [0.25, 0.3) is 11.8 Å². The van der Waals surface area contributed by atoms with Gasteiger partial charge in [-0.1, -0.05) is 77.5 Å². The molecule has 1 unspecified atom stereocenters. The zero-order chi connectivity index (χ0) is 25.5. The molecule has 36 heavy (non-hydrogen) atoms. The molecule has 2 amide bonds. The van der Waals surface area contributed by atoms with Crippen molar-refractivity contribution in [1.82, 2.24) is 25.6 Å². The number of nitrogens with one attached hydrogen (secondary N) is 2. The Bertz CT molecular complexity index is 1320. The van der Waals surface area contributed by atoms with Crippen LogP contribution in [0.1, 0.15) is 18.1 Å². The average Bonchev–Trinajstić information content (AvgIpc) is 3.31. The second-order valence-corrected chi connectivity index (χ2v) is 9.55. The third-order valence-electron chi connectivity index (χ3n) is 5.32. The van der Waals surface area contributed by atoms with Crippen LogP contribution >= 0.6 is 11.8 Å². The fraction of sp³-hybridized carbons (Fsp3) is 0.185. The number of benzene rings is 3. The third kappa shape index (κ3) is 6.31. The zero-order valence-electron chi connectivity index (χ0n) is 20.3. The number of carbonyl (C=O) groups excluding carboxylic acids is 2.